The molecule has 194 valence electrons. The smallest absolute Gasteiger partial charge is 0.330 e. The van der Waals surface area contributed by atoms with E-state index in [2.05, 4.69) is 16.8 Å². The number of nitrogens with zero attached hydrogens (tertiary/aromatic N) is 5. The first-order valence-electron chi connectivity index (χ1n) is 12.7. The normalized spacial score (nSPS) is 14.8. The molecule has 4 rings (SSSR count). The molecule has 3 aromatic rings. The van der Waals surface area contributed by atoms with Crippen LogP contribution in [0.1, 0.15) is 44.0 Å². The van der Waals surface area contributed by atoms with E-state index in [0.717, 1.165) is 56.0 Å². The van der Waals surface area contributed by atoms with Crippen LogP contribution in [-0.4, -0.2) is 68.1 Å². The van der Waals surface area contributed by atoms with E-state index in [1.54, 1.807) is 16.2 Å². The van der Waals surface area contributed by atoms with E-state index in [-0.39, 0.29) is 5.91 Å². The first-order chi connectivity index (χ1) is 17.4. The van der Waals surface area contributed by atoms with E-state index in [0.29, 0.717) is 43.6 Å². The molecule has 2 aromatic heterocycles. The highest BCUT2D eigenvalue weighted by Gasteiger charge is 2.22. The van der Waals surface area contributed by atoms with Crippen molar-refractivity contribution in [2.24, 2.45) is 7.05 Å². The summed E-state index contributed by atoms with van der Waals surface area (Å²) in [5, 5.41) is 0. The third-order valence-corrected chi connectivity index (χ3v) is 6.93. The Labute approximate surface area is 210 Å². The molecule has 1 aromatic carbocycles. The number of H-pyrrole nitrogens is 1. The Bertz CT molecular complexity index is 1310. The molecule has 10 nitrogen and oxygen atoms in total. The predicted molar refractivity (Wildman–Crippen MR) is 138 cm³/mol. The minimum Gasteiger partial charge on any atom is -0.497 e. The van der Waals surface area contributed by atoms with Gasteiger partial charge in [-0.3, -0.25) is 24.0 Å². The zero-order valence-electron chi connectivity index (χ0n) is 21.5. The van der Waals surface area contributed by atoms with Gasteiger partial charge in [-0.25, -0.2) is 9.78 Å². The zero-order chi connectivity index (χ0) is 25.7. The van der Waals surface area contributed by atoms with E-state index >= 15 is 0 Å². The summed E-state index contributed by atoms with van der Waals surface area (Å²) < 4.78 is 8.55. The van der Waals surface area contributed by atoms with E-state index < -0.39 is 11.2 Å². The Kier molecular flexibility index (Phi) is 8.25. The number of hydrogen-bond donors (Lipinski definition) is 1. The summed E-state index contributed by atoms with van der Waals surface area (Å²) in [6.45, 7) is 6.10. The number of imidazole rings is 1. The number of aromatic amines is 1. The maximum atomic E-state index is 12.9. The lowest BCUT2D eigenvalue weighted by molar-refractivity contribution is -0.131. The highest BCUT2D eigenvalue weighted by Crippen LogP contribution is 2.16. The van der Waals surface area contributed by atoms with E-state index in [1.807, 2.05) is 36.2 Å². The quantitative estimate of drug-likeness (QED) is 0.485. The number of amides is 1. The van der Waals surface area contributed by atoms with Crippen LogP contribution in [0.15, 0.2) is 33.9 Å². The molecule has 0 radical (unpaired) electrons. The first kappa shape index (κ1) is 25.7. The number of rotatable bonds is 9. The minimum absolute atomic E-state index is 0.168. The number of carbonyl (C=O) groups excluding carboxylic acids is 1. The van der Waals surface area contributed by atoms with Crippen molar-refractivity contribution in [2.75, 3.05) is 33.3 Å². The summed E-state index contributed by atoms with van der Waals surface area (Å²) in [4.78, 5) is 49.2. The Balaban J connectivity index is 1.40. The standard InChI is InChI=1S/C26H36N6O4/c1-4-5-15-32-24-23(25(34)28-26(32)35)29(2)21(27-24)18-30-13-6-14-31(17-16-30)22(33)12-9-19-7-10-20(36-3)11-8-19/h7-8,10-11H,4-6,9,12-18H2,1-3H3,(H,28,34,35). The van der Waals surface area contributed by atoms with Gasteiger partial charge in [-0.1, -0.05) is 25.5 Å². The van der Waals surface area contributed by atoms with Crippen molar-refractivity contribution in [3.05, 3.63) is 56.5 Å². The molecule has 36 heavy (non-hydrogen) atoms. The maximum absolute atomic E-state index is 12.9. The molecule has 10 heteroatoms. The summed E-state index contributed by atoms with van der Waals surface area (Å²) in [5.41, 5.74) is 1.17. The Morgan fingerprint density at radius 1 is 1.11 bits per heavy atom. The lowest BCUT2D eigenvalue weighted by atomic mass is 10.1. The summed E-state index contributed by atoms with van der Waals surface area (Å²) in [6, 6.07) is 7.84. The van der Waals surface area contributed by atoms with Gasteiger partial charge in [0.1, 0.15) is 11.6 Å². The average molecular weight is 497 g/mol. The van der Waals surface area contributed by atoms with Crippen LogP contribution in [0.4, 0.5) is 0 Å². The molecule has 0 spiro atoms. The second-order valence-electron chi connectivity index (χ2n) is 9.38. The van der Waals surface area contributed by atoms with Crippen LogP contribution in [0.2, 0.25) is 0 Å². The Morgan fingerprint density at radius 3 is 2.61 bits per heavy atom. The van der Waals surface area contributed by atoms with Gasteiger partial charge in [-0.05, 0) is 37.0 Å². The van der Waals surface area contributed by atoms with Crippen molar-refractivity contribution in [3.63, 3.8) is 0 Å². The molecule has 0 aliphatic carbocycles. The maximum Gasteiger partial charge on any atom is 0.330 e. The van der Waals surface area contributed by atoms with Crippen LogP contribution in [0.3, 0.4) is 0 Å². The number of methoxy groups -OCH3 is 1. The number of ether oxygens (including phenoxy) is 1. The number of hydrogen-bond acceptors (Lipinski definition) is 6. The fourth-order valence-corrected chi connectivity index (χ4v) is 4.74. The van der Waals surface area contributed by atoms with Gasteiger partial charge < -0.3 is 14.2 Å². The van der Waals surface area contributed by atoms with E-state index in [9.17, 15) is 14.4 Å². The summed E-state index contributed by atoms with van der Waals surface area (Å²) in [5.74, 6) is 1.72. The largest absolute Gasteiger partial charge is 0.497 e. The first-order valence-corrected chi connectivity index (χ1v) is 12.7. The molecular formula is C26H36N6O4. The molecule has 0 unspecified atom stereocenters. The van der Waals surface area contributed by atoms with Crippen molar-refractivity contribution < 1.29 is 9.53 Å². The fourth-order valence-electron chi connectivity index (χ4n) is 4.74. The van der Waals surface area contributed by atoms with Gasteiger partial charge >= 0.3 is 5.69 Å². The third-order valence-electron chi connectivity index (χ3n) is 6.93. The van der Waals surface area contributed by atoms with Gasteiger partial charge in [0.25, 0.3) is 5.56 Å². The Hall–Kier alpha value is -3.40. The lowest BCUT2D eigenvalue weighted by Crippen LogP contribution is -2.35. The molecular weight excluding hydrogens is 460 g/mol. The van der Waals surface area contributed by atoms with Crippen molar-refractivity contribution in [1.29, 1.82) is 0 Å². The van der Waals surface area contributed by atoms with Crippen molar-refractivity contribution >= 4 is 17.1 Å². The second-order valence-corrected chi connectivity index (χ2v) is 9.38. The molecule has 0 atom stereocenters. The number of nitrogens with one attached hydrogen (secondary N) is 1. The van der Waals surface area contributed by atoms with Crippen LogP contribution in [-0.2, 0) is 31.4 Å². The molecule has 0 bridgehead atoms. The topological polar surface area (TPSA) is 105 Å². The highest BCUT2D eigenvalue weighted by atomic mass is 16.5. The van der Waals surface area contributed by atoms with Gasteiger partial charge in [0.2, 0.25) is 5.91 Å². The number of carbonyl (C=O) groups is 1. The average Bonchev–Trinajstić information content (AvgIpc) is 3.03. The third kappa shape index (κ3) is 5.70. The van der Waals surface area contributed by atoms with Gasteiger partial charge in [0.15, 0.2) is 11.2 Å². The minimum atomic E-state index is -0.413. The lowest BCUT2D eigenvalue weighted by Gasteiger charge is -2.22. The molecule has 1 aliphatic rings. The van der Waals surface area contributed by atoms with Gasteiger partial charge in [-0.15, -0.1) is 0 Å². The highest BCUT2D eigenvalue weighted by molar-refractivity contribution is 5.76. The molecule has 1 saturated heterocycles. The number of benzene rings is 1. The zero-order valence-corrected chi connectivity index (χ0v) is 21.5. The fraction of sp³-hybridized carbons (Fsp3) is 0.538. The number of aromatic nitrogens is 4. The SMILES string of the molecule is CCCCn1c(=O)[nH]c(=O)c2c1nc(CN1CCCN(C(=O)CCc3ccc(OC)cc3)CC1)n2C. The summed E-state index contributed by atoms with van der Waals surface area (Å²) >= 11 is 0. The second kappa shape index (κ2) is 11.6. The molecule has 1 amide bonds. The van der Waals surface area contributed by atoms with E-state index in [1.165, 1.54) is 0 Å². The number of aryl methyl sites for hydroxylation is 3. The monoisotopic (exact) mass is 496 g/mol. The van der Waals surface area contributed by atoms with Crippen LogP contribution in [0, 0.1) is 0 Å². The predicted octanol–water partition coefficient (Wildman–Crippen LogP) is 1.90. The number of fused-ring (bicyclic) bond motifs is 1. The van der Waals surface area contributed by atoms with Crippen molar-refractivity contribution in [3.8, 4) is 5.75 Å². The van der Waals surface area contributed by atoms with Crippen molar-refractivity contribution in [2.45, 2.75) is 52.1 Å². The van der Waals surface area contributed by atoms with Crippen LogP contribution in [0.5, 0.6) is 5.75 Å². The summed E-state index contributed by atoms with van der Waals surface area (Å²) in [6.07, 6.45) is 3.84. The van der Waals surface area contributed by atoms with Gasteiger partial charge in [-0.2, -0.15) is 0 Å². The van der Waals surface area contributed by atoms with Crippen molar-refractivity contribution in [1.82, 2.24) is 28.9 Å². The number of unbranched alkanes of at least 4 members (excludes halogenated alkanes) is 1. The van der Waals surface area contributed by atoms with Crippen LogP contribution in [0.25, 0.3) is 11.2 Å². The van der Waals surface area contributed by atoms with Gasteiger partial charge in [0, 0.05) is 46.2 Å². The van der Waals surface area contributed by atoms with Crippen LogP contribution < -0.4 is 16.0 Å². The van der Waals surface area contributed by atoms with Gasteiger partial charge in [0.05, 0.1) is 13.7 Å². The molecule has 0 saturated carbocycles. The molecule has 1 fully saturated rings. The molecule has 1 N–H and O–H groups in total. The van der Waals surface area contributed by atoms with E-state index in [4.69, 9.17) is 9.72 Å². The van der Waals surface area contributed by atoms with Crippen LogP contribution >= 0.6 is 0 Å². The summed E-state index contributed by atoms with van der Waals surface area (Å²) in [7, 11) is 3.46. The molecule has 3 heterocycles. The molecule has 1 aliphatic heterocycles. The Morgan fingerprint density at radius 2 is 1.89 bits per heavy atom.